The van der Waals surface area contributed by atoms with E-state index in [0.29, 0.717) is 11.8 Å². The van der Waals surface area contributed by atoms with Crippen molar-refractivity contribution in [3.63, 3.8) is 0 Å². The zero-order valence-electron chi connectivity index (χ0n) is 12.7. The van der Waals surface area contributed by atoms with Crippen LogP contribution in [-0.4, -0.2) is 36.3 Å². The van der Waals surface area contributed by atoms with Crippen LogP contribution in [0.15, 0.2) is 0 Å². The summed E-state index contributed by atoms with van der Waals surface area (Å²) in [6.45, 7) is 3.75. The van der Waals surface area contributed by atoms with Gasteiger partial charge in [-0.05, 0) is 31.1 Å². The first-order valence-corrected chi connectivity index (χ1v) is 8.20. The lowest BCUT2D eigenvalue weighted by Crippen LogP contribution is -2.49. The standard InChI is InChI=1S/C16H28N2O2/c1-2-14(19)17-12-15(20)18-11-7-10-16(13-18)8-5-3-4-6-9-16/h2-13H2,1H3,(H,17,19). The van der Waals surface area contributed by atoms with Crippen LogP contribution < -0.4 is 5.32 Å². The van der Waals surface area contributed by atoms with Crippen molar-refractivity contribution in [3.8, 4) is 0 Å². The maximum Gasteiger partial charge on any atom is 0.241 e. The summed E-state index contributed by atoms with van der Waals surface area (Å²) in [6.07, 6.45) is 10.7. The lowest BCUT2D eigenvalue weighted by Gasteiger charge is -2.42. The van der Waals surface area contributed by atoms with Crippen molar-refractivity contribution in [1.29, 1.82) is 0 Å². The highest BCUT2D eigenvalue weighted by Crippen LogP contribution is 2.42. The Bertz CT molecular complexity index is 346. The van der Waals surface area contributed by atoms with Crippen LogP contribution in [0.2, 0.25) is 0 Å². The number of nitrogens with one attached hydrogen (secondary N) is 1. The molecule has 2 rings (SSSR count). The summed E-state index contributed by atoms with van der Waals surface area (Å²) < 4.78 is 0. The van der Waals surface area contributed by atoms with Crippen LogP contribution in [0.5, 0.6) is 0 Å². The van der Waals surface area contributed by atoms with E-state index in [1.54, 1.807) is 6.92 Å². The Morgan fingerprint density at radius 1 is 1.05 bits per heavy atom. The fourth-order valence-corrected chi connectivity index (χ4v) is 3.72. The van der Waals surface area contributed by atoms with Gasteiger partial charge in [-0.1, -0.05) is 32.6 Å². The molecule has 1 saturated heterocycles. The minimum atomic E-state index is -0.0421. The monoisotopic (exact) mass is 280 g/mol. The van der Waals surface area contributed by atoms with Gasteiger partial charge in [0.05, 0.1) is 6.54 Å². The Kier molecular flexibility index (Phi) is 5.44. The fraction of sp³-hybridized carbons (Fsp3) is 0.875. The fourth-order valence-electron chi connectivity index (χ4n) is 3.72. The summed E-state index contributed by atoms with van der Waals surface area (Å²) in [6, 6.07) is 0. The van der Waals surface area contributed by atoms with Gasteiger partial charge >= 0.3 is 0 Å². The molecule has 0 aromatic rings. The molecular formula is C16H28N2O2. The third-order valence-electron chi connectivity index (χ3n) is 4.94. The van der Waals surface area contributed by atoms with Crippen LogP contribution in [-0.2, 0) is 9.59 Å². The quantitative estimate of drug-likeness (QED) is 0.863. The van der Waals surface area contributed by atoms with Crippen molar-refractivity contribution in [1.82, 2.24) is 10.2 Å². The summed E-state index contributed by atoms with van der Waals surface area (Å²) in [4.78, 5) is 25.5. The van der Waals surface area contributed by atoms with Gasteiger partial charge < -0.3 is 10.2 Å². The smallest absolute Gasteiger partial charge is 0.241 e. The maximum absolute atomic E-state index is 12.2. The van der Waals surface area contributed by atoms with Gasteiger partial charge in [-0.3, -0.25) is 9.59 Å². The first-order chi connectivity index (χ1) is 9.65. The highest BCUT2D eigenvalue weighted by Gasteiger charge is 2.36. The normalized spacial score (nSPS) is 22.4. The van der Waals surface area contributed by atoms with Gasteiger partial charge in [0, 0.05) is 19.5 Å². The number of rotatable bonds is 3. The number of hydrogen-bond donors (Lipinski definition) is 1. The number of piperidine rings is 1. The van der Waals surface area contributed by atoms with Gasteiger partial charge in [0.25, 0.3) is 0 Å². The van der Waals surface area contributed by atoms with Gasteiger partial charge in [0.15, 0.2) is 0 Å². The molecule has 0 unspecified atom stereocenters. The summed E-state index contributed by atoms with van der Waals surface area (Å²) in [5.74, 6) is 0.0506. The molecule has 0 radical (unpaired) electrons. The molecule has 2 amide bonds. The molecule has 0 atom stereocenters. The van der Waals surface area contributed by atoms with Crippen LogP contribution in [0.1, 0.15) is 64.7 Å². The Morgan fingerprint density at radius 2 is 1.70 bits per heavy atom. The number of carbonyl (C=O) groups excluding carboxylic acids is 2. The minimum absolute atomic E-state index is 0.0421. The van der Waals surface area contributed by atoms with E-state index in [2.05, 4.69) is 5.32 Å². The van der Waals surface area contributed by atoms with Crippen LogP contribution >= 0.6 is 0 Å². The largest absolute Gasteiger partial charge is 0.347 e. The highest BCUT2D eigenvalue weighted by molar-refractivity contribution is 5.84. The maximum atomic E-state index is 12.2. The zero-order valence-corrected chi connectivity index (χ0v) is 12.7. The molecular weight excluding hydrogens is 252 g/mol. The summed E-state index contributed by atoms with van der Waals surface area (Å²) in [5, 5.41) is 2.70. The van der Waals surface area contributed by atoms with Crippen LogP contribution in [0.3, 0.4) is 0 Å². The summed E-state index contributed by atoms with van der Waals surface area (Å²) in [7, 11) is 0. The first kappa shape index (κ1) is 15.3. The Hall–Kier alpha value is -1.06. The molecule has 0 bridgehead atoms. The predicted molar refractivity (Wildman–Crippen MR) is 79.2 cm³/mol. The average Bonchev–Trinajstić information content (AvgIpc) is 2.70. The second-order valence-corrected chi connectivity index (χ2v) is 6.46. The van der Waals surface area contributed by atoms with Gasteiger partial charge in [-0.25, -0.2) is 0 Å². The lowest BCUT2D eigenvalue weighted by molar-refractivity contribution is -0.136. The number of nitrogens with zero attached hydrogens (tertiary/aromatic N) is 1. The average molecular weight is 280 g/mol. The number of amides is 2. The Labute approximate surface area is 122 Å². The topological polar surface area (TPSA) is 49.4 Å². The van der Waals surface area contributed by atoms with Crippen molar-refractivity contribution >= 4 is 11.8 Å². The molecule has 114 valence electrons. The zero-order chi connectivity index (χ0) is 14.4. The third-order valence-corrected chi connectivity index (χ3v) is 4.94. The molecule has 2 fully saturated rings. The van der Waals surface area contributed by atoms with Crippen molar-refractivity contribution < 1.29 is 9.59 Å². The van der Waals surface area contributed by atoms with Gasteiger partial charge in [-0.15, -0.1) is 0 Å². The molecule has 1 spiro atoms. The Balaban J connectivity index is 1.88. The van der Waals surface area contributed by atoms with Crippen molar-refractivity contribution in [2.45, 2.75) is 64.7 Å². The lowest BCUT2D eigenvalue weighted by atomic mass is 9.74. The van der Waals surface area contributed by atoms with E-state index in [-0.39, 0.29) is 18.4 Å². The molecule has 0 aromatic heterocycles. The van der Waals surface area contributed by atoms with Gasteiger partial charge in [0.1, 0.15) is 0 Å². The second kappa shape index (κ2) is 7.09. The van der Waals surface area contributed by atoms with E-state index in [9.17, 15) is 9.59 Å². The molecule has 4 heteroatoms. The summed E-state index contributed by atoms with van der Waals surface area (Å²) >= 11 is 0. The molecule has 1 N–H and O–H groups in total. The van der Waals surface area contributed by atoms with E-state index in [1.807, 2.05) is 4.90 Å². The molecule has 1 aliphatic carbocycles. The van der Waals surface area contributed by atoms with E-state index >= 15 is 0 Å². The number of likely N-dealkylation sites (tertiary alicyclic amines) is 1. The SMILES string of the molecule is CCC(=O)NCC(=O)N1CCCC2(CCCCCC2)C1. The van der Waals surface area contributed by atoms with E-state index in [0.717, 1.165) is 19.5 Å². The van der Waals surface area contributed by atoms with Crippen molar-refractivity contribution in [3.05, 3.63) is 0 Å². The molecule has 2 aliphatic rings. The number of hydrogen-bond acceptors (Lipinski definition) is 2. The van der Waals surface area contributed by atoms with Crippen molar-refractivity contribution in [2.24, 2.45) is 5.41 Å². The third kappa shape index (κ3) is 3.97. The molecule has 1 saturated carbocycles. The molecule has 4 nitrogen and oxygen atoms in total. The molecule has 1 heterocycles. The second-order valence-electron chi connectivity index (χ2n) is 6.46. The summed E-state index contributed by atoms with van der Waals surface area (Å²) in [5.41, 5.74) is 0.374. The molecule has 0 aromatic carbocycles. The van der Waals surface area contributed by atoms with Crippen LogP contribution in [0.4, 0.5) is 0 Å². The molecule has 20 heavy (non-hydrogen) atoms. The van der Waals surface area contributed by atoms with Gasteiger partial charge in [-0.2, -0.15) is 0 Å². The minimum Gasteiger partial charge on any atom is -0.347 e. The Morgan fingerprint density at radius 3 is 2.35 bits per heavy atom. The first-order valence-electron chi connectivity index (χ1n) is 8.20. The van der Waals surface area contributed by atoms with E-state index in [1.165, 1.54) is 44.9 Å². The predicted octanol–water partition coefficient (Wildman–Crippen LogP) is 2.48. The van der Waals surface area contributed by atoms with E-state index in [4.69, 9.17) is 0 Å². The van der Waals surface area contributed by atoms with E-state index < -0.39 is 0 Å². The van der Waals surface area contributed by atoms with Crippen LogP contribution in [0, 0.1) is 5.41 Å². The van der Waals surface area contributed by atoms with Crippen molar-refractivity contribution in [2.75, 3.05) is 19.6 Å². The van der Waals surface area contributed by atoms with Crippen LogP contribution in [0.25, 0.3) is 0 Å². The number of carbonyl (C=O) groups is 2. The van der Waals surface area contributed by atoms with Gasteiger partial charge in [0.2, 0.25) is 11.8 Å². The highest BCUT2D eigenvalue weighted by atomic mass is 16.2. The molecule has 1 aliphatic heterocycles.